The quantitative estimate of drug-likeness (QED) is 0.346. The Kier molecular flexibility index (Phi) is 9.88. The van der Waals surface area contributed by atoms with Crippen molar-refractivity contribution >= 4 is 45.9 Å². The van der Waals surface area contributed by atoms with Gasteiger partial charge in [-0.2, -0.15) is 0 Å². The zero-order valence-electron chi connectivity index (χ0n) is 14.1. The topological polar surface area (TPSA) is 64.6 Å². The Morgan fingerprint density at radius 1 is 0.857 bits per heavy atom. The fraction of sp³-hybridized carbons (Fsp3) is 0.778. The predicted molar refractivity (Wildman–Crippen MR) is 93.4 cm³/mol. The molecule has 0 heterocycles. The minimum atomic E-state index is -2.98. The Hall–Kier alpha value is 0.544. The lowest BCUT2D eigenvalue weighted by molar-refractivity contribution is 0.0478. The summed E-state index contributed by atoms with van der Waals surface area (Å²) in [5, 5.41) is 0. The van der Waals surface area contributed by atoms with Crippen molar-refractivity contribution in [3.63, 3.8) is 0 Å². The highest BCUT2D eigenvalue weighted by atomic mass is 28.5. The molecule has 7 nitrogen and oxygen atoms in total. The van der Waals surface area contributed by atoms with E-state index in [1.165, 1.54) is 21.3 Å². The van der Waals surface area contributed by atoms with E-state index in [1.54, 1.807) is 0 Å². The summed E-state index contributed by atoms with van der Waals surface area (Å²) in [4.78, 5) is 0. The summed E-state index contributed by atoms with van der Waals surface area (Å²) in [6.45, 7) is 12.0. The molecule has 0 spiro atoms. The molecule has 0 aliphatic carbocycles. The molecule has 0 unspecified atom stereocenters. The van der Waals surface area contributed by atoms with Crippen molar-refractivity contribution in [3.05, 3.63) is 12.3 Å². The van der Waals surface area contributed by atoms with Gasteiger partial charge in [0, 0.05) is 21.3 Å². The summed E-state index contributed by atoms with van der Waals surface area (Å²) in [6, 6.07) is 0. The first-order valence-corrected chi connectivity index (χ1v) is 16.2. The molecule has 12 heteroatoms. The minimum Gasteiger partial charge on any atom is -0.433 e. The lowest BCUT2D eigenvalue weighted by Gasteiger charge is -2.31. The molecule has 21 heavy (non-hydrogen) atoms. The number of rotatable bonds is 12. The Balaban J connectivity index is 4.07. The van der Waals surface area contributed by atoms with E-state index in [1.807, 2.05) is 18.8 Å². The first kappa shape index (κ1) is 21.5. The van der Waals surface area contributed by atoms with Crippen LogP contribution in [0.4, 0.5) is 0 Å². The molecule has 0 aromatic rings. The summed E-state index contributed by atoms with van der Waals surface area (Å²) >= 11 is 0. The van der Waals surface area contributed by atoms with E-state index in [9.17, 15) is 0 Å². The zero-order chi connectivity index (χ0) is 16.6. The van der Waals surface area contributed by atoms with E-state index >= 15 is 0 Å². The van der Waals surface area contributed by atoms with Crippen molar-refractivity contribution < 1.29 is 29.7 Å². The number of hydrogen-bond acceptors (Lipinski definition) is 7. The fourth-order valence-electron chi connectivity index (χ4n) is 1.46. The van der Waals surface area contributed by atoms with Gasteiger partial charge in [-0.3, -0.25) is 0 Å². The predicted octanol–water partition coefficient (Wildman–Crippen LogP) is 0.0573. The minimum absolute atomic E-state index is 1.14. The molecule has 0 aliphatic rings. The van der Waals surface area contributed by atoms with Gasteiger partial charge in [-0.15, -0.1) is 6.58 Å². The zero-order valence-corrected chi connectivity index (χ0v) is 19.9. The van der Waals surface area contributed by atoms with Crippen LogP contribution in [0.15, 0.2) is 12.3 Å². The van der Waals surface area contributed by atoms with Gasteiger partial charge in [-0.1, -0.05) is 5.70 Å². The second kappa shape index (κ2) is 9.63. The molecule has 0 atom stereocenters. The van der Waals surface area contributed by atoms with Crippen LogP contribution in [0.25, 0.3) is 0 Å². The van der Waals surface area contributed by atoms with Gasteiger partial charge in [0.1, 0.15) is 0 Å². The van der Waals surface area contributed by atoms with Gasteiger partial charge in [0.25, 0.3) is 20.0 Å². The van der Waals surface area contributed by atoms with Crippen molar-refractivity contribution in [2.24, 2.45) is 0 Å². The summed E-state index contributed by atoms with van der Waals surface area (Å²) in [5.74, 6) is 0. The lowest BCUT2D eigenvalue weighted by Crippen LogP contribution is -2.49. The van der Waals surface area contributed by atoms with E-state index in [4.69, 9.17) is 29.7 Å². The molecule has 0 bridgehead atoms. The second-order valence-electron chi connectivity index (χ2n) is 5.15. The molecule has 0 radical (unpaired) electrons. The maximum atomic E-state index is 6.09. The molecule has 0 aliphatic heterocycles. The van der Waals surface area contributed by atoms with Gasteiger partial charge in [0.2, 0.25) is 0 Å². The molecule has 0 aromatic carbocycles. The normalized spacial score (nSPS) is 14.6. The van der Waals surface area contributed by atoms with E-state index in [-0.39, 0.29) is 0 Å². The summed E-state index contributed by atoms with van der Waals surface area (Å²) in [7, 11) is -4.91. The lowest BCUT2D eigenvalue weighted by atomic mass is 11.3. The van der Waals surface area contributed by atoms with Crippen LogP contribution in [-0.4, -0.2) is 67.3 Å². The maximum Gasteiger partial charge on any atom is 0.669 e. The summed E-state index contributed by atoms with van der Waals surface area (Å²) in [6.07, 6.45) is 0. The molecule has 126 valence electrons. The molecular formula is C9H28O7Si5. The van der Waals surface area contributed by atoms with E-state index in [0.29, 0.717) is 0 Å². The van der Waals surface area contributed by atoms with Crippen LogP contribution in [0.1, 0.15) is 0 Å². The molecule has 0 saturated carbocycles. The van der Waals surface area contributed by atoms with Crippen LogP contribution < -0.4 is 0 Å². The van der Waals surface area contributed by atoms with Crippen molar-refractivity contribution in [3.8, 4) is 0 Å². The molecule has 0 aromatic heterocycles. The van der Waals surface area contributed by atoms with Gasteiger partial charge in [-0.05, 0) is 26.2 Å². The van der Waals surface area contributed by atoms with Crippen LogP contribution in [0.5, 0.6) is 0 Å². The van der Waals surface area contributed by atoms with Gasteiger partial charge in [0.15, 0.2) is 8.32 Å². The van der Waals surface area contributed by atoms with Crippen molar-refractivity contribution in [1.29, 1.82) is 0 Å². The van der Waals surface area contributed by atoms with Crippen molar-refractivity contribution in [2.45, 2.75) is 26.2 Å². The highest BCUT2D eigenvalue weighted by Crippen LogP contribution is 2.15. The highest BCUT2D eigenvalue weighted by Gasteiger charge is 2.41. The Labute approximate surface area is 135 Å². The Morgan fingerprint density at radius 2 is 1.33 bits per heavy atom. The van der Waals surface area contributed by atoms with E-state index in [0.717, 1.165) is 0 Å². The SMILES string of the molecule is C=C[Si](C)(C)O[Si](C)(C)O[SiH2]O[SiH2]O[Si](OC)(OC)OC. The Morgan fingerprint density at radius 3 is 1.76 bits per heavy atom. The third-order valence-corrected chi connectivity index (χ3v) is 15.6. The fourth-order valence-corrected chi connectivity index (χ4v) is 13.7. The molecule has 0 fully saturated rings. The molecule has 0 saturated heterocycles. The molecule has 0 rings (SSSR count). The van der Waals surface area contributed by atoms with Gasteiger partial charge >= 0.3 is 17.6 Å². The summed E-state index contributed by atoms with van der Waals surface area (Å²) < 4.78 is 38.4. The molecule has 0 N–H and O–H groups in total. The van der Waals surface area contributed by atoms with Crippen LogP contribution >= 0.6 is 0 Å². The highest BCUT2D eigenvalue weighted by molar-refractivity contribution is 6.86. The third kappa shape index (κ3) is 8.67. The van der Waals surface area contributed by atoms with Gasteiger partial charge in [0.05, 0.1) is 0 Å². The average molecular weight is 389 g/mol. The molecule has 0 amide bonds. The maximum absolute atomic E-state index is 6.09. The van der Waals surface area contributed by atoms with Crippen LogP contribution in [-0.2, 0) is 29.7 Å². The third-order valence-electron chi connectivity index (χ3n) is 2.56. The van der Waals surface area contributed by atoms with E-state index in [2.05, 4.69) is 19.7 Å². The second-order valence-corrected chi connectivity index (χ2v) is 19.0. The van der Waals surface area contributed by atoms with Crippen LogP contribution in [0.3, 0.4) is 0 Å². The van der Waals surface area contributed by atoms with Crippen LogP contribution in [0.2, 0.25) is 26.2 Å². The largest absolute Gasteiger partial charge is 0.669 e. The monoisotopic (exact) mass is 388 g/mol. The van der Waals surface area contributed by atoms with Gasteiger partial charge in [-0.25, -0.2) is 0 Å². The first-order valence-electron chi connectivity index (χ1n) is 6.51. The average Bonchev–Trinajstić information content (AvgIpc) is 2.42. The van der Waals surface area contributed by atoms with Gasteiger partial charge < -0.3 is 29.7 Å². The van der Waals surface area contributed by atoms with Crippen LogP contribution in [0, 0.1) is 0 Å². The summed E-state index contributed by atoms with van der Waals surface area (Å²) in [5.41, 5.74) is 1.90. The Bertz CT molecular complexity index is 303. The molecular weight excluding hydrogens is 361 g/mol. The van der Waals surface area contributed by atoms with Crippen molar-refractivity contribution in [1.82, 2.24) is 0 Å². The number of hydrogen-bond donors (Lipinski definition) is 0. The van der Waals surface area contributed by atoms with Crippen molar-refractivity contribution in [2.75, 3.05) is 21.3 Å². The standard InChI is InChI=1S/C9H28O7Si5/c1-9-19(5,6)16-20(7,8)14-17-13-18-15-21(10-2,11-3)12-4/h9H,1,17-18H2,2-8H3. The first-order chi connectivity index (χ1) is 9.66. The van der Waals surface area contributed by atoms with E-state index < -0.39 is 45.9 Å². The smallest absolute Gasteiger partial charge is 0.433 e.